The van der Waals surface area contributed by atoms with Gasteiger partial charge in [-0.2, -0.15) is 0 Å². The lowest BCUT2D eigenvalue weighted by atomic mass is 10.1. The third-order valence-corrected chi connectivity index (χ3v) is 3.04. The summed E-state index contributed by atoms with van der Waals surface area (Å²) in [5, 5.41) is 3.04. The van der Waals surface area contributed by atoms with E-state index < -0.39 is 17.7 Å². The minimum absolute atomic E-state index is 0.111. The van der Waals surface area contributed by atoms with Crippen molar-refractivity contribution in [2.24, 2.45) is 0 Å². The zero-order valence-electron chi connectivity index (χ0n) is 11.6. The fourth-order valence-electron chi connectivity index (χ4n) is 2.01. The molecule has 21 heavy (non-hydrogen) atoms. The first-order valence-electron chi connectivity index (χ1n) is 6.67. The molecule has 0 spiro atoms. The van der Waals surface area contributed by atoms with Crippen LogP contribution >= 0.6 is 0 Å². The van der Waals surface area contributed by atoms with E-state index in [1.807, 2.05) is 6.92 Å². The van der Waals surface area contributed by atoms with Crippen LogP contribution in [0.15, 0.2) is 42.5 Å². The highest BCUT2D eigenvalue weighted by molar-refractivity contribution is 5.25. The Hall–Kier alpha value is -2.01. The highest BCUT2D eigenvalue weighted by Crippen LogP contribution is 2.21. The molecular weight excluding hydrogens is 279 g/mol. The summed E-state index contributed by atoms with van der Waals surface area (Å²) in [6, 6.07) is 9.08. The molecule has 1 atom stereocenters. The van der Waals surface area contributed by atoms with Gasteiger partial charge in [0, 0.05) is 5.56 Å². The molecule has 2 rings (SSSR count). The SMILES string of the molecule is CCNC(COc1ccc(F)cc1)c1cccc(F)c1F. The van der Waals surface area contributed by atoms with Crippen LogP contribution in [0.2, 0.25) is 0 Å². The van der Waals surface area contributed by atoms with E-state index in [0.717, 1.165) is 6.07 Å². The molecule has 0 aliphatic rings. The van der Waals surface area contributed by atoms with Crippen molar-refractivity contribution in [2.45, 2.75) is 13.0 Å². The zero-order chi connectivity index (χ0) is 15.2. The van der Waals surface area contributed by atoms with Gasteiger partial charge in [0.25, 0.3) is 0 Å². The van der Waals surface area contributed by atoms with Crippen LogP contribution in [0.5, 0.6) is 5.75 Å². The molecule has 2 nitrogen and oxygen atoms in total. The van der Waals surface area contributed by atoms with Crippen LogP contribution in [-0.4, -0.2) is 13.2 Å². The Labute approximate surface area is 121 Å². The first kappa shape index (κ1) is 15.4. The average molecular weight is 295 g/mol. The molecule has 2 aromatic carbocycles. The van der Waals surface area contributed by atoms with Crippen LogP contribution in [-0.2, 0) is 0 Å². The molecule has 0 aromatic heterocycles. The summed E-state index contributed by atoms with van der Waals surface area (Å²) >= 11 is 0. The van der Waals surface area contributed by atoms with Gasteiger partial charge < -0.3 is 10.1 Å². The van der Waals surface area contributed by atoms with Gasteiger partial charge in [0.1, 0.15) is 18.2 Å². The van der Waals surface area contributed by atoms with Gasteiger partial charge in [0.15, 0.2) is 11.6 Å². The Morgan fingerprint density at radius 3 is 2.43 bits per heavy atom. The minimum Gasteiger partial charge on any atom is -0.492 e. The number of nitrogens with one attached hydrogen (secondary N) is 1. The van der Waals surface area contributed by atoms with E-state index in [2.05, 4.69) is 5.32 Å². The first-order chi connectivity index (χ1) is 10.1. The van der Waals surface area contributed by atoms with Crippen molar-refractivity contribution in [3.05, 3.63) is 65.5 Å². The molecule has 0 amide bonds. The van der Waals surface area contributed by atoms with Gasteiger partial charge >= 0.3 is 0 Å². The Morgan fingerprint density at radius 1 is 1.05 bits per heavy atom. The Kier molecular flexibility index (Phi) is 5.22. The van der Waals surface area contributed by atoms with E-state index in [0.29, 0.717) is 12.3 Å². The molecule has 0 radical (unpaired) electrons. The van der Waals surface area contributed by atoms with E-state index >= 15 is 0 Å². The van der Waals surface area contributed by atoms with Crippen molar-refractivity contribution in [3.8, 4) is 5.75 Å². The zero-order valence-corrected chi connectivity index (χ0v) is 11.6. The third kappa shape index (κ3) is 3.98. The normalized spacial score (nSPS) is 12.2. The maximum atomic E-state index is 13.8. The number of hydrogen-bond donors (Lipinski definition) is 1. The van der Waals surface area contributed by atoms with Crippen LogP contribution in [0.4, 0.5) is 13.2 Å². The van der Waals surface area contributed by atoms with Crippen LogP contribution < -0.4 is 10.1 Å². The molecule has 0 aliphatic heterocycles. The van der Waals surface area contributed by atoms with Crippen molar-refractivity contribution in [2.75, 3.05) is 13.2 Å². The molecule has 2 aromatic rings. The summed E-state index contributed by atoms with van der Waals surface area (Å²) in [5.41, 5.74) is 0.207. The Balaban J connectivity index is 2.12. The topological polar surface area (TPSA) is 21.3 Å². The lowest BCUT2D eigenvalue weighted by Gasteiger charge is -2.19. The summed E-state index contributed by atoms with van der Waals surface area (Å²) in [6.45, 7) is 2.55. The van der Waals surface area contributed by atoms with E-state index in [1.165, 1.54) is 36.4 Å². The van der Waals surface area contributed by atoms with E-state index in [1.54, 1.807) is 0 Å². The molecule has 1 N–H and O–H groups in total. The fourth-order valence-corrected chi connectivity index (χ4v) is 2.01. The predicted molar refractivity (Wildman–Crippen MR) is 74.7 cm³/mol. The maximum absolute atomic E-state index is 13.8. The highest BCUT2D eigenvalue weighted by atomic mass is 19.2. The van der Waals surface area contributed by atoms with Gasteiger partial charge in [-0.05, 0) is 36.9 Å². The van der Waals surface area contributed by atoms with Gasteiger partial charge in [0.05, 0.1) is 6.04 Å². The monoisotopic (exact) mass is 295 g/mol. The molecule has 0 saturated carbocycles. The lowest BCUT2D eigenvalue weighted by Crippen LogP contribution is -2.27. The van der Waals surface area contributed by atoms with Crippen molar-refractivity contribution >= 4 is 0 Å². The highest BCUT2D eigenvalue weighted by Gasteiger charge is 2.18. The molecule has 0 saturated heterocycles. The number of hydrogen-bond acceptors (Lipinski definition) is 2. The molecule has 112 valence electrons. The average Bonchev–Trinajstić information content (AvgIpc) is 2.48. The molecule has 0 heterocycles. The van der Waals surface area contributed by atoms with Crippen molar-refractivity contribution < 1.29 is 17.9 Å². The van der Waals surface area contributed by atoms with Crippen molar-refractivity contribution in [1.82, 2.24) is 5.32 Å². The number of halogens is 3. The van der Waals surface area contributed by atoms with Crippen LogP contribution in [0.25, 0.3) is 0 Å². The summed E-state index contributed by atoms with van der Waals surface area (Å²) < 4.78 is 45.5. The first-order valence-corrected chi connectivity index (χ1v) is 6.67. The summed E-state index contributed by atoms with van der Waals surface area (Å²) in [4.78, 5) is 0. The number of ether oxygens (including phenoxy) is 1. The van der Waals surface area contributed by atoms with E-state index in [-0.39, 0.29) is 18.0 Å². The number of benzene rings is 2. The molecular formula is C16H16F3NO. The van der Waals surface area contributed by atoms with Crippen LogP contribution in [0, 0.1) is 17.5 Å². The smallest absolute Gasteiger partial charge is 0.163 e. The van der Waals surface area contributed by atoms with Crippen LogP contribution in [0.3, 0.4) is 0 Å². The summed E-state index contributed by atoms with van der Waals surface area (Å²) in [6.07, 6.45) is 0. The standard InChI is InChI=1S/C16H16F3NO/c1-2-20-15(13-4-3-5-14(18)16(13)19)10-21-12-8-6-11(17)7-9-12/h3-9,15,20H,2,10H2,1H3. The van der Waals surface area contributed by atoms with E-state index in [9.17, 15) is 13.2 Å². The van der Waals surface area contributed by atoms with E-state index in [4.69, 9.17) is 4.74 Å². The Morgan fingerprint density at radius 2 is 1.76 bits per heavy atom. The second kappa shape index (κ2) is 7.13. The molecule has 0 fully saturated rings. The number of rotatable bonds is 6. The van der Waals surface area contributed by atoms with Crippen molar-refractivity contribution in [3.63, 3.8) is 0 Å². The summed E-state index contributed by atoms with van der Waals surface area (Å²) in [7, 11) is 0. The molecule has 1 unspecified atom stereocenters. The number of likely N-dealkylation sites (N-methyl/N-ethyl adjacent to an activating group) is 1. The van der Waals surface area contributed by atoms with Crippen LogP contribution in [0.1, 0.15) is 18.5 Å². The lowest BCUT2D eigenvalue weighted by molar-refractivity contribution is 0.263. The van der Waals surface area contributed by atoms with Gasteiger partial charge in [-0.15, -0.1) is 0 Å². The van der Waals surface area contributed by atoms with Gasteiger partial charge in [0.2, 0.25) is 0 Å². The molecule has 0 bridgehead atoms. The fraction of sp³-hybridized carbons (Fsp3) is 0.250. The molecule has 5 heteroatoms. The maximum Gasteiger partial charge on any atom is 0.163 e. The third-order valence-electron chi connectivity index (χ3n) is 3.04. The summed E-state index contributed by atoms with van der Waals surface area (Å²) in [5.74, 6) is -1.67. The van der Waals surface area contributed by atoms with Gasteiger partial charge in [-0.1, -0.05) is 19.1 Å². The second-order valence-electron chi connectivity index (χ2n) is 4.52. The molecule has 0 aliphatic carbocycles. The van der Waals surface area contributed by atoms with Gasteiger partial charge in [-0.3, -0.25) is 0 Å². The Bertz CT molecular complexity index is 587. The van der Waals surface area contributed by atoms with Crippen molar-refractivity contribution in [1.29, 1.82) is 0 Å². The predicted octanol–water partition coefficient (Wildman–Crippen LogP) is 3.83. The van der Waals surface area contributed by atoms with Gasteiger partial charge in [-0.25, -0.2) is 13.2 Å². The minimum atomic E-state index is -0.891. The second-order valence-corrected chi connectivity index (χ2v) is 4.52. The largest absolute Gasteiger partial charge is 0.492 e. The quantitative estimate of drug-likeness (QED) is 0.874.